The van der Waals surface area contributed by atoms with Gasteiger partial charge in [0, 0.05) is 11.0 Å². The average molecular weight is 324 g/mol. The van der Waals surface area contributed by atoms with Gasteiger partial charge in [-0.15, -0.1) is 0 Å². The minimum Gasteiger partial charge on any atom is -0.475 e. The number of benzene rings is 1. The fourth-order valence-corrected chi connectivity index (χ4v) is 1.94. The molecule has 4 nitrogen and oxygen atoms in total. The molecule has 0 aliphatic heterocycles. The van der Waals surface area contributed by atoms with Gasteiger partial charge in [0.15, 0.2) is 0 Å². The van der Waals surface area contributed by atoms with E-state index in [0.717, 1.165) is 10.0 Å². The molecule has 1 heterocycles. The first-order valence-corrected chi connectivity index (χ1v) is 6.66. The number of aromatic carboxylic acids is 1. The summed E-state index contributed by atoms with van der Waals surface area (Å²) in [7, 11) is 0. The normalized spacial score (nSPS) is 12.3. The van der Waals surface area contributed by atoms with E-state index in [4.69, 9.17) is 9.52 Å². The van der Waals surface area contributed by atoms with Crippen molar-refractivity contribution in [3.05, 3.63) is 58.0 Å². The molecule has 1 aromatic carbocycles. The lowest BCUT2D eigenvalue weighted by atomic mass is 10.2. The summed E-state index contributed by atoms with van der Waals surface area (Å²) < 4.78 is 6.29. The zero-order chi connectivity index (χ0) is 13.8. The molecule has 100 valence electrons. The molecule has 2 aromatic rings. The van der Waals surface area contributed by atoms with Crippen LogP contribution in [0.4, 0.5) is 0 Å². The van der Waals surface area contributed by atoms with Crippen molar-refractivity contribution in [3.8, 4) is 0 Å². The second-order valence-corrected chi connectivity index (χ2v) is 5.15. The molecule has 1 atom stereocenters. The van der Waals surface area contributed by atoms with Crippen LogP contribution in [0.25, 0.3) is 0 Å². The van der Waals surface area contributed by atoms with Crippen molar-refractivity contribution in [2.75, 3.05) is 0 Å². The molecule has 0 radical (unpaired) electrons. The van der Waals surface area contributed by atoms with E-state index >= 15 is 0 Å². The molecule has 2 N–H and O–H groups in total. The standard InChI is InChI=1S/C14H14BrNO3/c1-9(12-6-7-13(19-12)14(17)18)16-8-10-2-4-11(15)5-3-10/h2-7,9,16H,8H2,1H3,(H,17,18). The molecule has 0 spiro atoms. The first kappa shape index (κ1) is 13.8. The Bertz CT molecular complexity index is 562. The number of carboxylic acids is 1. The van der Waals surface area contributed by atoms with Crippen molar-refractivity contribution < 1.29 is 14.3 Å². The van der Waals surface area contributed by atoms with E-state index in [9.17, 15) is 4.79 Å². The third-order valence-electron chi connectivity index (χ3n) is 2.79. The van der Waals surface area contributed by atoms with Crippen molar-refractivity contribution >= 4 is 21.9 Å². The molecule has 0 saturated heterocycles. The molecular formula is C14H14BrNO3. The molecule has 0 bridgehead atoms. The zero-order valence-electron chi connectivity index (χ0n) is 10.4. The van der Waals surface area contributed by atoms with Gasteiger partial charge in [-0.1, -0.05) is 28.1 Å². The van der Waals surface area contributed by atoms with E-state index in [0.29, 0.717) is 12.3 Å². The van der Waals surface area contributed by atoms with Gasteiger partial charge in [-0.3, -0.25) is 0 Å². The number of hydrogen-bond acceptors (Lipinski definition) is 3. The average Bonchev–Trinajstić information content (AvgIpc) is 2.87. The molecule has 5 heteroatoms. The molecule has 1 unspecified atom stereocenters. The molecule has 0 fully saturated rings. The largest absolute Gasteiger partial charge is 0.475 e. The molecule has 19 heavy (non-hydrogen) atoms. The molecular weight excluding hydrogens is 310 g/mol. The molecule has 0 amide bonds. The topological polar surface area (TPSA) is 62.5 Å². The van der Waals surface area contributed by atoms with Crippen LogP contribution in [0.2, 0.25) is 0 Å². The van der Waals surface area contributed by atoms with Crippen LogP contribution in [-0.4, -0.2) is 11.1 Å². The molecule has 0 saturated carbocycles. The summed E-state index contributed by atoms with van der Waals surface area (Å²) in [5, 5.41) is 12.1. The van der Waals surface area contributed by atoms with Crippen molar-refractivity contribution in [2.24, 2.45) is 0 Å². The third-order valence-corrected chi connectivity index (χ3v) is 3.32. The van der Waals surface area contributed by atoms with Crippen molar-refractivity contribution in [1.82, 2.24) is 5.32 Å². The van der Waals surface area contributed by atoms with E-state index in [2.05, 4.69) is 21.2 Å². The maximum Gasteiger partial charge on any atom is 0.371 e. The first-order chi connectivity index (χ1) is 9.06. The fraction of sp³-hybridized carbons (Fsp3) is 0.214. The predicted molar refractivity (Wildman–Crippen MR) is 75.1 cm³/mol. The van der Waals surface area contributed by atoms with Crippen LogP contribution in [0, 0.1) is 0 Å². The van der Waals surface area contributed by atoms with Gasteiger partial charge in [0.1, 0.15) is 5.76 Å². The Hall–Kier alpha value is -1.59. The highest BCUT2D eigenvalue weighted by atomic mass is 79.9. The quantitative estimate of drug-likeness (QED) is 0.882. The van der Waals surface area contributed by atoms with Crippen LogP contribution in [0.1, 0.15) is 34.8 Å². The zero-order valence-corrected chi connectivity index (χ0v) is 12.0. The number of hydrogen-bond donors (Lipinski definition) is 2. The lowest BCUT2D eigenvalue weighted by Crippen LogP contribution is -2.17. The van der Waals surface area contributed by atoms with E-state index in [1.807, 2.05) is 31.2 Å². The van der Waals surface area contributed by atoms with Gasteiger partial charge in [0.05, 0.1) is 6.04 Å². The van der Waals surface area contributed by atoms with Crippen LogP contribution in [0.5, 0.6) is 0 Å². The predicted octanol–water partition coefficient (Wildman–Crippen LogP) is 3.59. The van der Waals surface area contributed by atoms with Crippen LogP contribution in [0.3, 0.4) is 0 Å². The molecule has 1 aromatic heterocycles. The van der Waals surface area contributed by atoms with Gasteiger partial charge in [-0.05, 0) is 36.8 Å². The van der Waals surface area contributed by atoms with Gasteiger partial charge in [-0.2, -0.15) is 0 Å². The lowest BCUT2D eigenvalue weighted by molar-refractivity contribution is 0.0659. The maximum absolute atomic E-state index is 10.7. The minimum atomic E-state index is -1.05. The SMILES string of the molecule is CC(NCc1ccc(Br)cc1)c1ccc(C(=O)O)o1. The Balaban J connectivity index is 1.95. The van der Waals surface area contributed by atoms with Crippen LogP contribution >= 0.6 is 15.9 Å². The van der Waals surface area contributed by atoms with Gasteiger partial charge in [0.25, 0.3) is 0 Å². The first-order valence-electron chi connectivity index (χ1n) is 5.87. The van der Waals surface area contributed by atoms with Crippen molar-refractivity contribution in [1.29, 1.82) is 0 Å². The number of carboxylic acid groups (broad SMARTS) is 1. The molecule has 0 aliphatic rings. The van der Waals surface area contributed by atoms with Gasteiger partial charge < -0.3 is 14.8 Å². The lowest BCUT2D eigenvalue weighted by Gasteiger charge is -2.11. The van der Waals surface area contributed by atoms with Crippen molar-refractivity contribution in [2.45, 2.75) is 19.5 Å². The Morgan fingerprint density at radius 1 is 1.32 bits per heavy atom. The maximum atomic E-state index is 10.7. The minimum absolute atomic E-state index is 0.0349. The van der Waals surface area contributed by atoms with Crippen LogP contribution in [-0.2, 0) is 6.54 Å². The smallest absolute Gasteiger partial charge is 0.371 e. The number of carbonyl (C=O) groups is 1. The third kappa shape index (κ3) is 3.68. The number of furan rings is 1. The number of nitrogens with one attached hydrogen (secondary N) is 1. The van der Waals surface area contributed by atoms with Crippen LogP contribution in [0.15, 0.2) is 45.3 Å². The highest BCUT2D eigenvalue weighted by Gasteiger charge is 2.13. The second kappa shape index (κ2) is 6.04. The monoisotopic (exact) mass is 323 g/mol. The summed E-state index contributed by atoms with van der Waals surface area (Å²) in [5.74, 6) is -0.465. The fourth-order valence-electron chi connectivity index (χ4n) is 1.67. The van der Waals surface area contributed by atoms with Crippen molar-refractivity contribution in [3.63, 3.8) is 0 Å². The van der Waals surface area contributed by atoms with E-state index in [-0.39, 0.29) is 11.8 Å². The number of rotatable bonds is 5. The molecule has 2 rings (SSSR count). The summed E-state index contributed by atoms with van der Waals surface area (Å²) in [6, 6.07) is 11.1. The highest BCUT2D eigenvalue weighted by molar-refractivity contribution is 9.10. The number of halogens is 1. The summed E-state index contributed by atoms with van der Waals surface area (Å²) in [6.45, 7) is 2.63. The van der Waals surface area contributed by atoms with E-state index in [1.165, 1.54) is 6.07 Å². The highest BCUT2D eigenvalue weighted by Crippen LogP contribution is 2.17. The Morgan fingerprint density at radius 2 is 2.00 bits per heavy atom. The summed E-state index contributed by atoms with van der Waals surface area (Å²) >= 11 is 3.39. The Kier molecular flexibility index (Phi) is 4.39. The Labute approximate surface area is 119 Å². The Morgan fingerprint density at radius 3 is 2.58 bits per heavy atom. The van der Waals surface area contributed by atoms with Gasteiger partial charge in [-0.25, -0.2) is 4.79 Å². The summed E-state index contributed by atoms with van der Waals surface area (Å²) in [6.07, 6.45) is 0. The summed E-state index contributed by atoms with van der Waals surface area (Å²) in [4.78, 5) is 10.7. The van der Waals surface area contributed by atoms with Crippen LogP contribution < -0.4 is 5.32 Å². The molecule has 0 aliphatic carbocycles. The van der Waals surface area contributed by atoms with Gasteiger partial charge in [0.2, 0.25) is 5.76 Å². The van der Waals surface area contributed by atoms with E-state index in [1.54, 1.807) is 6.07 Å². The van der Waals surface area contributed by atoms with E-state index < -0.39 is 5.97 Å². The summed E-state index contributed by atoms with van der Waals surface area (Å²) in [5.41, 5.74) is 1.15. The van der Waals surface area contributed by atoms with Gasteiger partial charge >= 0.3 is 5.97 Å². The second-order valence-electron chi connectivity index (χ2n) is 4.24.